The van der Waals surface area contributed by atoms with Gasteiger partial charge in [0.1, 0.15) is 11.5 Å². The predicted molar refractivity (Wildman–Crippen MR) is 96.5 cm³/mol. The van der Waals surface area contributed by atoms with Gasteiger partial charge in [0.25, 0.3) is 5.91 Å². The third-order valence-corrected chi connectivity index (χ3v) is 4.58. The topological polar surface area (TPSA) is 62.5 Å². The Labute approximate surface area is 146 Å². The van der Waals surface area contributed by atoms with E-state index in [4.69, 9.17) is 0 Å². The monoisotopic (exact) mass is 335 g/mol. The molecule has 0 aromatic carbocycles. The van der Waals surface area contributed by atoms with E-state index in [1.165, 1.54) is 24.8 Å². The summed E-state index contributed by atoms with van der Waals surface area (Å²) < 4.78 is 1.63. The van der Waals surface area contributed by atoms with Gasteiger partial charge >= 0.3 is 0 Å². The van der Waals surface area contributed by atoms with Crippen LogP contribution in [0.5, 0.6) is 0 Å². The van der Waals surface area contributed by atoms with Gasteiger partial charge in [0.05, 0.1) is 11.7 Å². The predicted octanol–water partition coefficient (Wildman–Crippen LogP) is 2.97. The maximum Gasteiger partial charge on any atom is 0.275 e. The van der Waals surface area contributed by atoms with Crippen LogP contribution in [-0.2, 0) is 6.54 Å². The zero-order chi connectivity index (χ0) is 17.1. The molecule has 1 N–H and O–H groups in total. The highest BCUT2D eigenvalue weighted by Crippen LogP contribution is 2.14. The van der Waals surface area contributed by atoms with Gasteiger partial charge in [-0.1, -0.05) is 18.6 Å². The average molecular weight is 335 g/mol. The quantitative estimate of drug-likeness (QED) is 0.796. The first-order valence-corrected chi connectivity index (χ1v) is 8.71. The molecule has 6 nitrogen and oxygen atoms in total. The number of pyridine rings is 2. The molecule has 0 radical (unpaired) electrons. The molecule has 128 valence electrons. The molecule has 1 aliphatic heterocycles. The molecule has 1 aliphatic rings. The van der Waals surface area contributed by atoms with Crippen LogP contribution < -0.4 is 5.32 Å². The number of anilines is 1. The van der Waals surface area contributed by atoms with E-state index < -0.39 is 0 Å². The van der Waals surface area contributed by atoms with Crippen molar-refractivity contribution in [3.63, 3.8) is 0 Å². The maximum absolute atomic E-state index is 12.5. The Morgan fingerprint density at radius 3 is 2.76 bits per heavy atom. The number of rotatable bonds is 4. The summed E-state index contributed by atoms with van der Waals surface area (Å²) in [7, 11) is 0. The minimum absolute atomic E-state index is 0.217. The van der Waals surface area contributed by atoms with Gasteiger partial charge in [0, 0.05) is 12.7 Å². The number of amides is 1. The van der Waals surface area contributed by atoms with Gasteiger partial charge in [-0.15, -0.1) is 0 Å². The molecule has 0 atom stereocenters. The van der Waals surface area contributed by atoms with Crippen molar-refractivity contribution < 1.29 is 4.79 Å². The highest BCUT2D eigenvalue weighted by atomic mass is 16.2. The van der Waals surface area contributed by atoms with Gasteiger partial charge in [-0.05, 0) is 55.8 Å². The second kappa shape index (κ2) is 7.03. The summed E-state index contributed by atoms with van der Waals surface area (Å²) in [5.74, 6) is 0.335. The Kier molecular flexibility index (Phi) is 4.43. The normalized spacial score (nSPS) is 15.4. The van der Waals surface area contributed by atoms with E-state index in [1.807, 2.05) is 36.5 Å². The standard InChI is InChI=1S/C19H21N5O/c25-19(17-6-4-5-16-9-10-21-24(16)17)22-18-8-7-15(13-20-18)14-23-11-2-1-3-12-23/h4-10,13H,1-3,11-12,14H2,(H,20,22,25). The molecule has 0 saturated carbocycles. The van der Waals surface area contributed by atoms with E-state index in [9.17, 15) is 4.79 Å². The number of aromatic nitrogens is 3. The number of nitrogens with one attached hydrogen (secondary N) is 1. The molecule has 0 spiro atoms. The van der Waals surface area contributed by atoms with Crippen LogP contribution in [0.4, 0.5) is 5.82 Å². The number of hydrogen-bond donors (Lipinski definition) is 1. The SMILES string of the molecule is O=C(Nc1ccc(CN2CCCCC2)cn1)c1cccc2ccnn12. The third kappa shape index (κ3) is 3.53. The lowest BCUT2D eigenvalue weighted by atomic mass is 10.1. The van der Waals surface area contributed by atoms with Crippen LogP contribution in [0.25, 0.3) is 5.52 Å². The first-order chi connectivity index (χ1) is 12.3. The molecule has 1 fully saturated rings. The van der Waals surface area contributed by atoms with Crippen LogP contribution in [0.2, 0.25) is 0 Å². The minimum Gasteiger partial charge on any atom is -0.305 e. The molecule has 3 aromatic rings. The molecular formula is C19H21N5O. The molecule has 0 bridgehead atoms. The zero-order valence-corrected chi connectivity index (χ0v) is 14.1. The first kappa shape index (κ1) is 15.8. The van der Waals surface area contributed by atoms with E-state index in [-0.39, 0.29) is 5.91 Å². The summed E-state index contributed by atoms with van der Waals surface area (Å²) in [6.07, 6.45) is 7.42. The summed E-state index contributed by atoms with van der Waals surface area (Å²) in [5, 5.41) is 7.04. The number of likely N-dealkylation sites (tertiary alicyclic amines) is 1. The van der Waals surface area contributed by atoms with Crippen molar-refractivity contribution in [2.45, 2.75) is 25.8 Å². The first-order valence-electron chi connectivity index (χ1n) is 8.71. The summed E-state index contributed by atoms with van der Waals surface area (Å²) in [6.45, 7) is 3.24. The van der Waals surface area contributed by atoms with Gasteiger partial charge in [0.2, 0.25) is 0 Å². The van der Waals surface area contributed by atoms with Crippen molar-refractivity contribution in [1.82, 2.24) is 19.5 Å². The summed E-state index contributed by atoms with van der Waals surface area (Å²) in [5.41, 5.74) is 2.55. The van der Waals surface area contributed by atoms with Crippen LogP contribution in [-0.4, -0.2) is 38.5 Å². The molecule has 4 rings (SSSR count). The van der Waals surface area contributed by atoms with Gasteiger partial charge in [-0.3, -0.25) is 9.69 Å². The summed E-state index contributed by atoms with van der Waals surface area (Å²) >= 11 is 0. The molecule has 25 heavy (non-hydrogen) atoms. The number of piperidine rings is 1. The number of nitrogens with zero attached hydrogens (tertiary/aromatic N) is 4. The molecule has 0 aliphatic carbocycles. The molecule has 6 heteroatoms. The van der Waals surface area contributed by atoms with Crippen molar-refractivity contribution in [2.75, 3.05) is 18.4 Å². The Bertz CT molecular complexity index is 865. The fourth-order valence-electron chi connectivity index (χ4n) is 3.27. The average Bonchev–Trinajstić information content (AvgIpc) is 3.13. The molecule has 3 aromatic heterocycles. The second-order valence-corrected chi connectivity index (χ2v) is 6.42. The van der Waals surface area contributed by atoms with Crippen molar-refractivity contribution in [1.29, 1.82) is 0 Å². The molecule has 1 amide bonds. The van der Waals surface area contributed by atoms with E-state index in [0.29, 0.717) is 11.5 Å². The lowest BCUT2D eigenvalue weighted by molar-refractivity contribution is 0.101. The van der Waals surface area contributed by atoms with E-state index in [2.05, 4.69) is 20.3 Å². The lowest BCUT2D eigenvalue weighted by Crippen LogP contribution is -2.29. The van der Waals surface area contributed by atoms with Crippen molar-refractivity contribution in [2.24, 2.45) is 0 Å². The van der Waals surface area contributed by atoms with E-state index in [1.54, 1.807) is 16.8 Å². The lowest BCUT2D eigenvalue weighted by Gasteiger charge is -2.26. The van der Waals surface area contributed by atoms with Crippen LogP contribution >= 0.6 is 0 Å². The molecular weight excluding hydrogens is 314 g/mol. The summed E-state index contributed by atoms with van der Waals surface area (Å²) in [6, 6.07) is 11.3. The second-order valence-electron chi connectivity index (χ2n) is 6.42. The highest BCUT2D eigenvalue weighted by molar-refractivity contribution is 6.02. The largest absolute Gasteiger partial charge is 0.305 e. The highest BCUT2D eigenvalue weighted by Gasteiger charge is 2.13. The van der Waals surface area contributed by atoms with E-state index >= 15 is 0 Å². The smallest absolute Gasteiger partial charge is 0.275 e. The van der Waals surface area contributed by atoms with E-state index in [0.717, 1.165) is 25.2 Å². The number of hydrogen-bond acceptors (Lipinski definition) is 4. The van der Waals surface area contributed by atoms with Crippen molar-refractivity contribution >= 4 is 17.2 Å². The molecule has 1 saturated heterocycles. The maximum atomic E-state index is 12.5. The molecule has 4 heterocycles. The Balaban J connectivity index is 1.44. The number of carbonyl (C=O) groups is 1. The summed E-state index contributed by atoms with van der Waals surface area (Å²) in [4.78, 5) is 19.4. The number of fused-ring (bicyclic) bond motifs is 1. The zero-order valence-electron chi connectivity index (χ0n) is 14.1. The van der Waals surface area contributed by atoms with Gasteiger partial charge in [0.15, 0.2) is 0 Å². The third-order valence-electron chi connectivity index (χ3n) is 4.58. The fraction of sp³-hybridized carbons (Fsp3) is 0.316. The Morgan fingerprint density at radius 2 is 1.96 bits per heavy atom. The van der Waals surface area contributed by atoms with Gasteiger partial charge < -0.3 is 5.32 Å². The Morgan fingerprint density at radius 1 is 1.08 bits per heavy atom. The van der Waals surface area contributed by atoms with Crippen LogP contribution in [0.15, 0.2) is 48.8 Å². The van der Waals surface area contributed by atoms with Crippen LogP contribution in [0, 0.1) is 0 Å². The number of carbonyl (C=O) groups excluding carboxylic acids is 1. The van der Waals surface area contributed by atoms with Crippen molar-refractivity contribution in [3.8, 4) is 0 Å². The van der Waals surface area contributed by atoms with Crippen LogP contribution in [0.3, 0.4) is 0 Å². The Hall–Kier alpha value is -2.73. The van der Waals surface area contributed by atoms with Crippen molar-refractivity contribution in [3.05, 3.63) is 60.0 Å². The molecule has 0 unspecified atom stereocenters. The van der Waals surface area contributed by atoms with Gasteiger partial charge in [-0.2, -0.15) is 5.10 Å². The fourth-order valence-corrected chi connectivity index (χ4v) is 3.27. The van der Waals surface area contributed by atoms with Gasteiger partial charge in [-0.25, -0.2) is 9.50 Å². The minimum atomic E-state index is -0.217. The van der Waals surface area contributed by atoms with Crippen LogP contribution in [0.1, 0.15) is 35.3 Å².